The lowest BCUT2D eigenvalue weighted by molar-refractivity contribution is -0.114. The molecular formula is C9H8BrNO3. The van der Waals surface area contributed by atoms with Crippen molar-refractivity contribution in [1.82, 2.24) is 0 Å². The Morgan fingerprint density at radius 1 is 1.43 bits per heavy atom. The molecule has 0 aliphatic rings. The van der Waals surface area contributed by atoms with Crippen molar-refractivity contribution in [2.45, 2.75) is 6.92 Å². The summed E-state index contributed by atoms with van der Waals surface area (Å²) >= 11 is 3.20. The molecule has 1 aromatic rings. The van der Waals surface area contributed by atoms with Crippen LogP contribution in [0.5, 0.6) is 0 Å². The van der Waals surface area contributed by atoms with Crippen molar-refractivity contribution in [3.8, 4) is 0 Å². The highest BCUT2D eigenvalue weighted by atomic mass is 79.9. The van der Waals surface area contributed by atoms with Crippen molar-refractivity contribution in [2.75, 3.05) is 5.32 Å². The summed E-state index contributed by atoms with van der Waals surface area (Å²) in [5, 5.41) is 11.2. The zero-order chi connectivity index (χ0) is 10.7. The molecule has 14 heavy (non-hydrogen) atoms. The fraction of sp³-hybridized carbons (Fsp3) is 0.111. The van der Waals surface area contributed by atoms with Crippen molar-refractivity contribution in [3.05, 3.63) is 28.2 Å². The number of hydrogen-bond acceptors (Lipinski definition) is 2. The first-order valence-corrected chi connectivity index (χ1v) is 4.60. The first-order valence-electron chi connectivity index (χ1n) is 3.81. The van der Waals surface area contributed by atoms with Crippen molar-refractivity contribution < 1.29 is 14.7 Å². The van der Waals surface area contributed by atoms with E-state index in [0.29, 0.717) is 10.2 Å². The lowest BCUT2D eigenvalue weighted by Crippen LogP contribution is -2.07. The number of aromatic carboxylic acids is 1. The van der Waals surface area contributed by atoms with Crippen LogP contribution < -0.4 is 5.32 Å². The van der Waals surface area contributed by atoms with E-state index in [4.69, 9.17) is 5.11 Å². The molecule has 1 amide bonds. The second-order valence-electron chi connectivity index (χ2n) is 2.68. The van der Waals surface area contributed by atoms with E-state index in [1.54, 1.807) is 6.07 Å². The van der Waals surface area contributed by atoms with Crippen LogP contribution in [0.25, 0.3) is 0 Å². The van der Waals surface area contributed by atoms with Gasteiger partial charge in [-0.25, -0.2) is 4.79 Å². The summed E-state index contributed by atoms with van der Waals surface area (Å²) in [7, 11) is 0. The summed E-state index contributed by atoms with van der Waals surface area (Å²) in [6.45, 7) is 1.36. The predicted molar refractivity (Wildman–Crippen MR) is 55.4 cm³/mol. The Labute approximate surface area is 89.1 Å². The number of carboxylic acid groups (broad SMARTS) is 1. The van der Waals surface area contributed by atoms with Gasteiger partial charge in [-0.2, -0.15) is 0 Å². The molecule has 0 heterocycles. The minimum Gasteiger partial charge on any atom is -0.478 e. The van der Waals surface area contributed by atoms with Crippen LogP contribution in [0.4, 0.5) is 5.69 Å². The molecule has 0 saturated carbocycles. The Bertz CT molecular complexity index is 390. The molecule has 2 N–H and O–H groups in total. The van der Waals surface area contributed by atoms with Gasteiger partial charge in [-0.1, -0.05) is 0 Å². The van der Waals surface area contributed by atoms with Gasteiger partial charge in [0.15, 0.2) is 0 Å². The summed E-state index contributed by atoms with van der Waals surface area (Å²) in [4.78, 5) is 21.4. The van der Waals surface area contributed by atoms with Gasteiger partial charge in [0.25, 0.3) is 0 Å². The zero-order valence-corrected chi connectivity index (χ0v) is 8.96. The average molecular weight is 258 g/mol. The number of nitrogens with one attached hydrogen (secondary N) is 1. The van der Waals surface area contributed by atoms with Crippen LogP contribution in [-0.4, -0.2) is 17.0 Å². The van der Waals surface area contributed by atoms with E-state index in [0.717, 1.165) is 0 Å². The number of anilines is 1. The molecule has 0 unspecified atom stereocenters. The van der Waals surface area contributed by atoms with Crippen molar-refractivity contribution in [3.63, 3.8) is 0 Å². The third-order valence-corrected chi connectivity index (χ3v) is 2.22. The molecule has 0 spiro atoms. The summed E-state index contributed by atoms with van der Waals surface area (Å²) in [6, 6.07) is 4.43. The fourth-order valence-corrected chi connectivity index (χ4v) is 1.29. The van der Waals surface area contributed by atoms with Crippen LogP contribution in [0.1, 0.15) is 17.3 Å². The highest BCUT2D eigenvalue weighted by Gasteiger charge is 2.07. The smallest absolute Gasteiger partial charge is 0.335 e. The SMILES string of the molecule is CC(=O)Nc1cc(C(=O)O)ccc1Br. The van der Waals surface area contributed by atoms with Gasteiger partial charge in [0, 0.05) is 11.4 Å². The van der Waals surface area contributed by atoms with Gasteiger partial charge in [-0.3, -0.25) is 4.79 Å². The van der Waals surface area contributed by atoms with Gasteiger partial charge in [0.1, 0.15) is 0 Å². The molecule has 5 heteroatoms. The Hall–Kier alpha value is -1.36. The molecule has 1 aromatic carbocycles. The van der Waals surface area contributed by atoms with E-state index in [2.05, 4.69) is 21.2 Å². The van der Waals surface area contributed by atoms with E-state index >= 15 is 0 Å². The predicted octanol–water partition coefficient (Wildman–Crippen LogP) is 2.11. The summed E-state index contributed by atoms with van der Waals surface area (Å²) in [5.74, 6) is -1.27. The molecule has 0 aromatic heterocycles. The lowest BCUT2D eigenvalue weighted by atomic mass is 10.2. The number of hydrogen-bond donors (Lipinski definition) is 2. The molecule has 0 atom stereocenters. The number of carbonyl (C=O) groups excluding carboxylic acids is 1. The fourth-order valence-electron chi connectivity index (χ4n) is 0.944. The van der Waals surface area contributed by atoms with Crippen LogP contribution in [0, 0.1) is 0 Å². The van der Waals surface area contributed by atoms with E-state index < -0.39 is 5.97 Å². The van der Waals surface area contributed by atoms with E-state index in [-0.39, 0.29) is 11.5 Å². The molecule has 1 rings (SSSR count). The standard InChI is InChI=1S/C9H8BrNO3/c1-5(12)11-8-4-6(9(13)14)2-3-7(8)10/h2-4H,1H3,(H,11,12)(H,13,14). The number of amides is 1. The quantitative estimate of drug-likeness (QED) is 0.853. The summed E-state index contributed by atoms with van der Waals surface area (Å²) < 4.78 is 0.651. The molecule has 0 fully saturated rings. The van der Waals surface area contributed by atoms with Crippen LogP contribution in [0.3, 0.4) is 0 Å². The Morgan fingerprint density at radius 2 is 2.07 bits per heavy atom. The first-order chi connectivity index (χ1) is 6.50. The maximum absolute atomic E-state index is 10.8. The molecule has 0 aliphatic carbocycles. The summed E-state index contributed by atoms with van der Waals surface area (Å²) in [6.07, 6.45) is 0. The zero-order valence-electron chi connectivity index (χ0n) is 7.37. The van der Waals surface area contributed by atoms with Crippen molar-refractivity contribution in [2.24, 2.45) is 0 Å². The minimum absolute atomic E-state index is 0.136. The number of carbonyl (C=O) groups is 2. The van der Waals surface area contributed by atoms with Crippen LogP contribution in [0.2, 0.25) is 0 Å². The normalized spacial score (nSPS) is 9.57. The second kappa shape index (κ2) is 4.23. The number of halogens is 1. The van der Waals surface area contributed by atoms with Gasteiger partial charge in [0.2, 0.25) is 5.91 Å². The number of rotatable bonds is 2. The second-order valence-corrected chi connectivity index (χ2v) is 3.54. The Morgan fingerprint density at radius 3 is 2.57 bits per heavy atom. The van der Waals surface area contributed by atoms with Gasteiger partial charge in [0.05, 0.1) is 11.3 Å². The van der Waals surface area contributed by atoms with Gasteiger partial charge in [-0.15, -0.1) is 0 Å². The third-order valence-electron chi connectivity index (χ3n) is 1.52. The Kier molecular flexibility index (Phi) is 3.24. The maximum atomic E-state index is 10.8. The Balaban J connectivity index is 3.08. The molecular weight excluding hydrogens is 250 g/mol. The van der Waals surface area contributed by atoms with Gasteiger partial charge < -0.3 is 10.4 Å². The minimum atomic E-state index is -1.02. The molecule has 0 aliphatic heterocycles. The average Bonchev–Trinajstić information content (AvgIpc) is 2.07. The summed E-state index contributed by atoms with van der Waals surface area (Å²) in [5.41, 5.74) is 0.592. The monoisotopic (exact) mass is 257 g/mol. The van der Waals surface area contributed by atoms with E-state index in [9.17, 15) is 9.59 Å². The van der Waals surface area contributed by atoms with Crippen LogP contribution in [0.15, 0.2) is 22.7 Å². The molecule has 0 radical (unpaired) electrons. The number of benzene rings is 1. The van der Waals surface area contributed by atoms with E-state index in [1.165, 1.54) is 19.1 Å². The van der Waals surface area contributed by atoms with Crippen molar-refractivity contribution in [1.29, 1.82) is 0 Å². The topological polar surface area (TPSA) is 66.4 Å². The largest absolute Gasteiger partial charge is 0.478 e. The van der Waals surface area contributed by atoms with Crippen LogP contribution in [-0.2, 0) is 4.79 Å². The lowest BCUT2D eigenvalue weighted by Gasteiger charge is -2.05. The number of carboxylic acids is 1. The van der Waals surface area contributed by atoms with Gasteiger partial charge >= 0.3 is 5.97 Å². The van der Waals surface area contributed by atoms with Crippen LogP contribution >= 0.6 is 15.9 Å². The highest BCUT2D eigenvalue weighted by Crippen LogP contribution is 2.23. The maximum Gasteiger partial charge on any atom is 0.335 e. The molecule has 0 bridgehead atoms. The van der Waals surface area contributed by atoms with Crippen molar-refractivity contribution >= 4 is 33.5 Å². The molecule has 74 valence electrons. The highest BCUT2D eigenvalue weighted by molar-refractivity contribution is 9.10. The molecule has 4 nitrogen and oxygen atoms in total. The first kappa shape index (κ1) is 10.7. The molecule has 0 saturated heterocycles. The third kappa shape index (κ3) is 2.56. The van der Waals surface area contributed by atoms with E-state index in [1.807, 2.05) is 0 Å². The van der Waals surface area contributed by atoms with Gasteiger partial charge in [-0.05, 0) is 34.1 Å².